The van der Waals surface area contributed by atoms with Crippen LogP contribution in [-0.4, -0.2) is 16.9 Å². The minimum Gasteiger partial charge on any atom is -0.349 e. The van der Waals surface area contributed by atoms with Gasteiger partial charge in [0.05, 0.1) is 11.3 Å². The zero-order valence-corrected chi connectivity index (χ0v) is 12.3. The molecule has 20 heavy (non-hydrogen) atoms. The molecule has 6 heteroatoms. The Labute approximate surface area is 122 Å². The summed E-state index contributed by atoms with van der Waals surface area (Å²) in [4.78, 5) is 17.6. The van der Waals surface area contributed by atoms with Crippen molar-refractivity contribution in [3.8, 4) is 0 Å². The van der Waals surface area contributed by atoms with Gasteiger partial charge in [0.25, 0.3) is 5.91 Å². The van der Waals surface area contributed by atoms with Gasteiger partial charge in [-0.3, -0.25) is 15.6 Å². The molecule has 1 atom stereocenters. The standard InChI is InChI=1S/C14H18N4OS/c1-9-7-13(18-15)12(8-16-9)14(19)17-10(2)6-11-4-3-5-20-11/h3-5,7-8,10H,6,15H2,1-2H3,(H,16,18)(H,17,19). The van der Waals surface area contributed by atoms with E-state index in [4.69, 9.17) is 5.84 Å². The predicted molar refractivity (Wildman–Crippen MR) is 81.7 cm³/mol. The highest BCUT2D eigenvalue weighted by atomic mass is 32.1. The maximum Gasteiger partial charge on any atom is 0.255 e. The van der Waals surface area contributed by atoms with Crippen LogP contribution in [0.4, 0.5) is 5.69 Å². The van der Waals surface area contributed by atoms with Crippen molar-refractivity contribution in [2.45, 2.75) is 26.3 Å². The second kappa shape index (κ2) is 6.49. The maximum atomic E-state index is 12.2. The van der Waals surface area contributed by atoms with Gasteiger partial charge in [-0.15, -0.1) is 11.3 Å². The van der Waals surface area contributed by atoms with Gasteiger partial charge < -0.3 is 10.7 Å². The van der Waals surface area contributed by atoms with E-state index in [1.807, 2.05) is 25.3 Å². The minimum atomic E-state index is -0.172. The normalized spacial score (nSPS) is 11.9. The first-order valence-corrected chi connectivity index (χ1v) is 7.24. The molecule has 0 aliphatic rings. The Morgan fingerprint density at radius 3 is 3.00 bits per heavy atom. The highest BCUT2D eigenvalue weighted by molar-refractivity contribution is 7.09. The number of carbonyl (C=O) groups excluding carboxylic acids is 1. The lowest BCUT2D eigenvalue weighted by Gasteiger charge is -2.15. The molecule has 106 valence electrons. The maximum absolute atomic E-state index is 12.2. The lowest BCUT2D eigenvalue weighted by molar-refractivity contribution is 0.0940. The summed E-state index contributed by atoms with van der Waals surface area (Å²) < 4.78 is 0. The van der Waals surface area contributed by atoms with E-state index < -0.39 is 0 Å². The first kappa shape index (κ1) is 14.5. The van der Waals surface area contributed by atoms with Crippen molar-refractivity contribution < 1.29 is 4.79 Å². The molecule has 0 bridgehead atoms. The van der Waals surface area contributed by atoms with E-state index in [1.54, 1.807) is 17.4 Å². The number of hydrogen-bond acceptors (Lipinski definition) is 5. The van der Waals surface area contributed by atoms with Crippen molar-refractivity contribution in [3.63, 3.8) is 0 Å². The zero-order valence-electron chi connectivity index (χ0n) is 11.5. The molecule has 2 heterocycles. The molecule has 0 aliphatic heterocycles. The largest absolute Gasteiger partial charge is 0.349 e. The molecule has 4 N–H and O–H groups in total. The Kier molecular flexibility index (Phi) is 4.70. The monoisotopic (exact) mass is 290 g/mol. The number of amides is 1. The number of aromatic nitrogens is 1. The van der Waals surface area contributed by atoms with Crippen LogP contribution in [0.2, 0.25) is 0 Å². The van der Waals surface area contributed by atoms with Gasteiger partial charge >= 0.3 is 0 Å². The molecular formula is C14H18N4OS. The molecule has 2 aromatic rings. The fourth-order valence-electron chi connectivity index (χ4n) is 1.94. The predicted octanol–water partition coefficient (Wildman–Crippen LogP) is 2.10. The summed E-state index contributed by atoms with van der Waals surface area (Å²) in [5.74, 6) is 5.27. The Bertz CT molecular complexity index is 583. The van der Waals surface area contributed by atoms with Crippen LogP contribution >= 0.6 is 11.3 Å². The number of nitrogens with two attached hydrogens (primary N) is 1. The third-order valence-corrected chi connectivity index (χ3v) is 3.80. The van der Waals surface area contributed by atoms with Gasteiger partial charge in [-0.1, -0.05) is 6.07 Å². The average molecular weight is 290 g/mol. The number of nitrogens with zero attached hydrogens (tertiary/aromatic N) is 1. The van der Waals surface area contributed by atoms with Gasteiger partial charge in [-0.2, -0.15) is 0 Å². The molecule has 1 unspecified atom stereocenters. The lowest BCUT2D eigenvalue weighted by Crippen LogP contribution is -2.34. The van der Waals surface area contributed by atoms with Crippen molar-refractivity contribution in [1.29, 1.82) is 0 Å². The summed E-state index contributed by atoms with van der Waals surface area (Å²) in [6, 6.07) is 5.87. The van der Waals surface area contributed by atoms with Crippen LogP contribution in [0.15, 0.2) is 29.8 Å². The first-order valence-electron chi connectivity index (χ1n) is 6.36. The van der Waals surface area contributed by atoms with Gasteiger partial charge in [0.15, 0.2) is 0 Å². The highest BCUT2D eigenvalue weighted by Gasteiger charge is 2.14. The van der Waals surface area contributed by atoms with Gasteiger partial charge in [-0.25, -0.2) is 0 Å². The van der Waals surface area contributed by atoms with Crippen molar-refractivity contribution in [2.24, 2.45) is 5.84 Å². The molecule has 0 fully saturated rings. The number of aryl methyl sites for hydroxylation is 1. The van der Waals surface area contributed by atoms with Crippen LogP contribution in [-0.2, 0) is 6.42 Å². The van der Waals surface area contributed by atoms with Crippen molar-refractivity contribution >= 4 is 22.9 Å². The summed E-state index contributed by atoms with van der Waals surface area (Å²) in [5.41, 5.74) is 4.38. The lowest BCUT2D eigenvalue weighted by atomic mass is 10.1. The molecule has 0 saturated heterocycles. The van der Waals surface area contributed by atoms with Crippen LogP contribution in [0.25, 0.3) is 0 Å². The second-order valence-corrected chi connectivity index (χ2v) is 5.71. The number of anilines is 1. The number of nitrogen functional groups attached to an aromatic ring is 1. The minimum absolute atomic E-state index is 0.0491. The Hall–Kier alpha value is -1.92. The third-order valence-electron chi connectivity index (χ3n) is 2.91. The Morgan fingerprint density at radius 1 is 1.55 bits per heavy atom. The zero-order chi connectivity index (χ0) is 14.5. The van der Waals surface area contributed by atoms with Crippen LogP contribution in [0.5, 0.6) is 0 Å². The average Bonchev–Trinajstić information content (AvgIpc) is 2.90. The number of hydrazine groups is 1. The fourth-order valence-corrected chi connectivity index (χ4v) is 2.78. The SMILES string of the molecule is Cc1cc(NN)c(C(=O)NC(C)Cc2cccs2)cn1. The number of rotatable bonds is 5. The topological polar surface area (TPSA) is 80.0 Å². The van der Waals surface area contributed by atoms with E-state index in [9.17, 15) is 4.79 Å². The van der Waals surface area contributed by atoms with Crippen molar-refractivity contribution in [3.05, 3.63) is 45.9 Å². The van der Waals surface area contributed by atoms with Gasteiger partial charge in [-0.05, 0) is 31.4 Å². The van der Waals surface area contributed by atoms with Crippen molar-refractivity contribution in [1.82, 2.24) is 10.3 Å². The summed E-state index contributed by atoms with van der Waals surface area (Å²) in [7, 11) is 0. The Morgan fingerprint density at radius 2 is 2.35 bits per heavy atom. The van der Waals surface area contributed by atoms with Crippen LogP contribution in [0.1, 0.15) is 27.9 Å². The first-order chi connectivity index (χ1) is 9.60. The molecule has 0 aromatic carbocycles. The number of carbonyl (C=O) groups is 1. The summed E-state index contributed by atoms with van der Waals surface area (Å²) in [5, 5.41) is 4.99. The molecule has 5 nitrogen and oxygen atoms in total. The molecule has 1 amide bonds. The molecule has 0 aliphatic carbocycles. The number of nitrogens with one attached hydrogen (secondary N) is 2. The molecule has 2 rings (SSSR count). The quantitative estimate of drug-likeness (QED) is 0.582. The number of thiophene rings is 1. The smallest absolute Gasteiger partial charge is 0.255 e. The van der Waals surface area contributed by atoms with Gasteiger partial charge in [0.2, 0.25) is 0 Å². The van der Waals surface area contributed by atoms with Gasteiger partial charge in [0.1, 0.15) is 0 Å². The van der Waals surface area contributed by atoms with E-state index >= 15 is 0 Å². The fraction of sp³-hybridized carbons (Fsp3) is 0.286. The van der Waals surface area contributed by atoms with E-state index in [0.29, 0.717) is 11.3 Å². The van der Waals surface area contributed by atoms with E-state index in [-0.39, 0.29) is 11.9 Å². The molecule has 0 radical (unpaired) electrons. The van der Waals surface area contributed by atoms with Crippen LogP contribution in [0, 0.1) is 6.92 Å². The van der Waals surface area contributed by atoms with Crippen LogP contribution in [0.3, 0.4) is 0 Å². The second-order valence-electron chi connectivity index (χ2n) is 4.67. The third kappa shape index (κ3) is 3.55. The van der Waals surface area contributed by atoms with E-state index in [1.165, 1.54) is 11.1 Å². The molecule has 2 aromatic heterocycles. The van der Waals surface area contributed by atoms with Gasteiger partial charge in [0, 0.05) is 29.2 Å². The summed E-state index contributed by atoms with van der Waals surface area (Å²) in [6.07, 6.45) is 2.35. The highest BCUT2D eigenvalue weighted by Crippen LogP contribution is 2.15. The summed E-state index contributed by atoms with van der Waals surface area (Å²) >= 11 is 1.69. The van der Waals surface area contributed by atoms with E-state index in [2.05, 4.69) is 21.8 Å². The van der Waals surface area contributed by atoms with Crippen LogP contribution < -0.4 is 16.6 Å². The van der Waals surface area contributed by atoms with E-state index in [0.717, 1.165) is 12.1 Å². The van der Waals surface area contributed by atoms with Crippen molar-refractivity contribution in [2.75, 3.05) is 5.43 Å². The number of hydrogen-bond donors (Lipinski definition) is 3. The number of pyridine rings is 1. The summed E-state index contributed by atoms with van der Waals surface area (Å²) in [6.45, 7) is 3.83. The molecule has 0 saturated carbocycles. The Balaban J connectivity index is 2.04. The molecule has 0 spiro atoms. The molecular weight excluding hydrogens is 272 g/mol.